The maximum absolute atomic E-state index is 12.3. The van der Waals surface area contributed by atoms with Gasteiger partial charge in [0.25, 0.3) is 0 Å². The van der Waals surface area contributed by atoms with E-state index < -0.39 is 11.8 Å². The number of hydrogen-bond acceptors (Lipinski definition) is 6. The Kier molecular flexibility index (Phi) is 7.51. The lowest BCUT2D eigenvalue weighted by Gasteiger charge is -2.34. The van der Waals surface area contributed by atoms with Gasteiger partial charge < -0.3 is 19.3 Å². The van der Waals surface area contributed by atoms with Crippen molar-refractivity contribution in [1.29, 1.82) is 0 Å². The number of benzene rings is 2. The smallest absolute Gasteiger partial charge is 0.497 e. The van der Waals surface area contributed by atoms with Gasteiger partial charge in [-0.25, -0.2) is 9.48 Å². The number of carbonyl (C=O) groups is 1. The summed E-state index contributed by atoms with van der Waals surface area (Å²) in [5, 5.41) is 16.5. The summed E-state index contributed by atoms with van der Waals surface area (Å²) in [5.41, 5.74) is 3.52. The summed E-state index contributed by atoms with van der Waals surface area (Å²) >= 11 is 0. The minimum Gasteiger partial charge on any atom is -0.497 e. The van der Waals surface area contributed by atoms with Crippen LogP contribution in [0.5, 0.6) is 5.75 Å². The van der Waals surface area contributed by atoms with Gasteiger partial charge in [-0.15, -0.1) is 0 Å². The predicted octanol–water partition coefficient (Wildman–Crippen LogP) is 6.47. The van der Waals surface area contributed by atoms with Gasteiger partial charge in [-0.3, -0.25) is 0 Å². The van der Waals surface area contributed by atoms with Crippen LogP contribution in [0.3, 0.4) is 0 Å². The summed E-state index contributed by atoms with van der Waals surface area (Å²) in [6.45, 7) is 2.06. The molecule has 7 heteroatoms. The van der Waals surface area contributed by atoms with E-state index in [9.17, 15) is 9.90 Å². The predicted molar refractivity (Wildman–Crippen MR) is 141 cm³/mol. The molecule has 1 aromatic heterocycles. The van der Waals surface area contributed by atoms with Crippen molar-refractivity contribution < 1.29 is 24.1 Å². The van der Waals surface area contributed by atoms with Gasteiger partial charge in [0, 0.05) is 5.56 Å². The Morgan fingerprint density at radius 1 is 0.919 bits per heavy atom. The largest absolute Gasteiger partial charge is 0.508 e. The first-order valence-electron chi connectivity index (χ1n) is 13.4. The third-order valence-corrected chi connectivity index (χ3v) is 7.69. The second-order valence-corrected chi connectivity index (χ2v) is 10.4. The molecule has 0 bridgehead atoms. The summed E-state index contributed by atoms with van der Waals surface area (Å²) in [7, 11) is 1.64. The molecule has 0 saturated heterocycles. The molecule has 2 saturated carbocycles. The Hall–Kier alpha value is -3.32. The molecule has 1 heterocycles. The molecule has 2 aliphatic carbocycles. The Morgan fingerprint density at radius 3 is 2.16 bits per heavy atom. The monoisotopic (exact) mass is 504 g/mol. The molecule has 0 unspecified atom stereocenters. The van der Waals surface area contributed by atoms with Gasteiger partial charge in [0.05, 0.1) is 24.2 Å². The van der Waals surface area contributed by atoms with Crippen molar-refractivity contribution in [2.75, 3.05) is 7.11 Å². The fraction of sp³-hybridized carbons (Fsp3) is 0.467. The highest BCUT2D eigenvalue weighted by Gasteiger charge is 2.39. The Morgan fingerprint density at radius 2 is 1.54 bits per heavy atom. The molecule has 2 fully saturated rings. The van der Waals surface area contributed by atoms with Crippen LogP contribution in [-0.2, 0) is 15.1 Å². The van der Waals surface area contributed by atoms with E-state index in [-0.39, 0.29) is 12.2 Å². The van der Waals surface area contributed by atoms with E-state index in [2.05, 4.69) is 31.2 Å². The molecule has 7 nitrogen and oxygen atoms in total. The second kappa shape index (κ2) is 11.0. The minimum atomic E-state index is -1.09. The molecule has 0 spiro atoms. The van der Waals surface area contributed by atoms with Crippen molar-refractivity contribution in [3.05, 3.63) is 65.9 Å². The molecular weight excluding hydrogens is 468 g/mol. The van der Waals surface area contributed by atoms with Gasteiger partial charge in [0.15, 0.2) is 0 Å². The van der Waals surface area contributed by atoms with Gasteiger partial charge in [0.2, 0.25) is 0 Å². The van der Waals surface area contributed by atoms with Crippen LogP contribution < -0.4 is 4.74 Å². The number of aliphatic hydroxyl groups is 1. The fourth-order valence-corrected chi connectivity index (χ4v) is 5.38. The van der Waals surface area contributed by atoms with Crippen molar-refractivity contribution >= 4 is 6.16 Å². The van der Waals surface area contributed by atoms with Crippen LogP contribution in [0.2, 0.25) is 0 Å². The number of hydrogen-bond donors (Lipinski definition) is 1. The summed E-state index contributed by atoms with van der Waals surface area (Å²) < 4.78 is 18.3. The van der Waals surface area contributed by atoms with E-state index in [4.69, 9.17) is 19.3 Å². The standard InChI is InChI=1S/C30H36N2O5/c1-21-8-10-22(11-9-21)27-20-28(31-32(27)23-12-14-24(35-2)15-13-23)30(34)18-16-26(17-19-30)37-29(33)36-25-6-4-3-5-7-25/h8-15,20,25-26,34H,3-7,16-19H2,1-2H3. The van der Waals surface area contributed by atoms with E-state index in [0.29, 0.717) is 31.4 Å². The zero-order chi connectivity index (χ0) is 25.8. The molecule has 5 rings (SSSR count). The Labute approximate surface area is 218 Å². The number of ether oxygens (including phenoxy) is 3. The van der Waals surface area contributed by atoms with Gasteiger partial charge >= 0.3 is 6.16 Å². The van der Waals surface area contributed by atoms with Crippen LogP contribution in [0, 0.1) is 6.92 Å². The number of aryl methyl sites for hydroxylation is 1. The van der Waals surface area contributed by atoms with Crippen molar-refractivity contribution in [2.24, 2.45) is 0 Å². The maximum Gasteiger partial charge on any atom is 0.508 e. The van der Waals surface area contributed by atoms with Crippen LogP contribution in [-0.4, -0.2) is 40.4 Å². The zero-order valence-corrected chi connectivity index (χ0v) is 21.7. The molecule has 0 amide bonds. The van der Waals surface area contributed by atoms with E-state index in [1.165, 1.54) is 12.0 Å². The summed E-state index contributed by atoms with van der Waals surface area (Å²) in [5.74, 6) is 0.770. The van der Waals surface area contributed by atoms with Crippen LogP contribution in [0.25, 0.3) is 16.9 Å². The SMILES string of the molecule is COc1ccc(-n2nc(C3(O)CCC(OC(=O)OC4CCCCC4)CC3)cc2-c2ccc(C)cc2)cc1. The van der Waals surface area contributed by atoms with E-state index in [1.54, 1.807) is 7.11 Å². The average molecular weight is 505 g/mol. The maximum atomic E-state index is 12.3. The van der Waals surface area contributed by atoms with Crippen molar-refractivity contribution in [3.8, 4) is 22.7 Å². The molecule has 0 aliphatic heterocycles. The highest BCUT2D eigenvalue weighted by atomic mass is 16.7. The Balaban J connectivity index is 1.32. The topological polar surface area (TPSA) is 82.8 Å². The summed E-state index contributed by atoms with van der Waals surface area (Å²) in [4.78, 5) is 12.3. The molecule has 0 atom stereocenters. The quantitative estimate of drug-likeness (QED) is 0.387. The Bertz CT molecular complexity index is 1190. The van der Waals surface area contributed by atoms with Crippen molar-refractivity contribution in [1.82, 2.24) is 9.78 Å². The number of carbonyl (C=O) groups excluding carboxylic acids is 1. The molecular formula is C30H36N2O5. The lowest BCUT2D eigenvalue weighted by molar-refractivity contribution is -0.0641. The first-order chi connectivity index (χ1) is 17.9. The van der Waals surface area contributed by atoms with Crippen LogP contribution in [0.15, 0.2) is 54.6 Å². The minimum absolute atomic E-state index is 0.0242. The van der Waals surface area contributed by atoms with E-state index >= 15 is 0 Å². The van der Waals surface area contributed by atoms with Crippen molar-refractivity contribution in [2.45, 2.75) is 82.5 Å². The summed E-state index contributed by atoms with van der Waals surface area (Å²) in [6.07, 6.45) is 6.42. The lowest BCUT2D eigenvalue weighted by Crippen LogP contribution is -2.36. The number of nitrogens with zero attached hydrogens (tertiary/aromatic N) is 2. The highest BCUT2D eigenvalue weighted by molar-refractivity contribution is 5.64. The van der Waals surface area contributed by atoms with E-state index in [1.807, 2.05) is 35.0 Å². The average Bonchev–Trinajstić information content (AvgIpc) is 3.38. The van der Waals surface area contributed by atoms with E-state index in [0.717, 1.165) is 48.4 Å². The number of rotatable bonds is 6. The van der Waals surface area contributed by atoms with Gasteiger partial charge in [-0.2, -0.15) is 5.10 Å². The lowest BCUT2D eigenvalue weighted by atomic mass is 9.81. The summed E-state index contributed by atoms with van der Waals surface area (Å²) in [6, 6.07) is 18.0. The third kappa shape index (κ3) is 5.82. The zero-order valence-electron chi connectivity index (χ0n) is 21.7. The number of aromatic nitrogens is 2. The first-order valence-corrected chi connectivity index (χ1v) is 13.4. The van der Waals surface area contributed by atoms with Crippen LogP contribution >= 0.6 is 0 Å². The molecule has 0 radical (unpaired) electrons. The molecule has 3 aromatic rings. The molecule has 1 N–H and O–H groups in total. The van der Waals surface area contributed by atoms with Crippen LogP contribution in [0.4, 0.5) is 4.79 Å². The van der Waals surface area contributed by atoms with Gasteiger partial charge in [-0.1, -0.05) is 36.2 Å². The first kappa shape index (κ1) is 25.3. The molecule has 2 aromatic carbocycles. The molecule has 196 valence electrons. The highest BCUT2D eigenvalue weighted by Crippen LogP contribution is 2.40. The number of methoxy groups -OCH3 is 1. The van der Waals surface area contributed by atoms with Crippen molar-refractivity contribution in [3.63, 3.8) is 0 Å². The second-order valence-electron chi connectivity index (χ2n) is 10.4. The molecule has 2 aliphatic rings. The van der Waals surface area contributed by atoms with Crippen LogP contribution in [0.1, 0.15) is 69.0 Å². The fourth-order valence-electron chi connectivity index (χ4n) is 5.38. The van der Waals surface area contributed by atoms with Gasteiger partial charge in [-0.05, 0) is 88.6 Å². The third-order valence-electron chi connectivity index (χ3n) is 7.69. The molecule has 37 heavy (non-hydrogen) atoms. The van der Waals surface area contributed by atoms with Gasteiger partial charge in [0.1, 0.15) is 23.6 Å². The normalized spacial score (nSPS) is 22.4.